The summed E-state index contributed by atoms with van der Waals surface area (Å²) in [4.78, 5) is 29.4. The quantitative estimate of drug-likeness (QED) is 0.328. The lowest BCUT2D eigenvalue weighted by Crippen LogP contribution is -2.53. The van der Waals surface area contributed by atoms with Gasteiger partial charge in [-0.1, -0.05) is 45.4 Å². The summed E-state index contributed by atoms with van der Waals surface area (Å²) >= 11 is 0. The van der Waals surface area contributed by atoms with Crippen molar-refractivity contribution in [2.75, 3.05) is 6.61 Å². The van der Waals surface area contributed by atoms with Gasteiger partial charge >= 0.3 is 0 Å². The first-order valence-electron chi connectivity index (χ1n) is 17.1. The first-order chi connectivity index (χ1) is 20.6. The second kappa shape index (κ2) is 11.0. The Morgan fingerprint density at radius 2 is 1.91 bits per heavy atom. The van der Waals surface area contributed by atoms with Gasteiger partial charge in [-0.05, 0) is 104 Å². The van der Waals surface area contributed by atoms with E-state index in [-0.39, 0.29) is 35.5 Å². The van der Waals surface area contributed by atoms with Crippen LogP contribution in [0.2, 0.25) is 0 Å². The Morgan fingerprint density at radius 3 is 2.67 bits per heavy atom. The van der Waals surface area contributed by atoms with E-state index in [9.17, 15) is 9.59 Å². The van der Waals surface area contributed by atoms with Gasteiger partial charge in [0.25, 0.3) is 0 Å². The molecule has 4 aliphatic carbocycles. The second-order valence-corrected chi connectivity index (χ2v) is 15.6. The molecule has 43 heavy (non-hydrogen) atoms. The van der Waals surface area contributed by atoms with E-state index in [1.54, 1.807) is 11.8 Å². The van der Waals surface area contributed by atoms with Crippen LogP contribution in [0.4, 0.5) is 0 Å². The number of nitrogens with zero attached hydrogens (tertiary/aromatic N) is 1. The van der Waals surface area contributed by atoms with Crippen LogP contribution in [-0.4, -0.2) is 41.3 Å². The lowest BCUT2D eigenvalue weighted by Gasteiger charge is -2.58. The number of carbonyl (C=O) groups is 2. The zero-order valence-corrected chi connectivity index (χ0v) is 26.6. The van der Waals surface area contributed by atoms with Crippen LogP contribution in [0.1, 0.15) is 97.6 Å². The molecule has 0 aromatic carbocycles. The SMILES string of the molecule is C[C@@H]1CC[C@@]2(OC1)O[C@H]1C[C@H]3[C@@H]4CC=C5CC(NC(=O)CC(=O)NCc6ccccn6)CC[C@]5(C)[C@H]4CC[C@]3(C)[C@H]1[C@@H]2C. The highest BCUT2D eigenvalue weighted by atomic mass is 16.7. The molecule has 234 valence electrons. The molecule has 2 amide bonds. The lowest BCUT2D eigenvalue weighted by atomic mass is 9.46. The van der Waals surface area contributed by atoms with E-state index in [0.29, 0.717) is 53.6 Å². The van der Waals surface area contributed by atoms with E-state index in [2.05, 4.69) is 49.4 Å². The summed E-state index contributed by atoms with van der Waals surface area (Å²) in [5.74, 6) is 3.02. The summed E-state index contributed by atoms with van der Waals surface area (Å²) in [5, 5.41) is 6.01. The number of aromatic nitrogens is 1. The summed E-state index contributed by atoms with van der Waals surface area (Å²) < 4.78 is 13.5. The van der Waals surface area contributed by atoms with E-state index in [1.165, 1.54) is 25.7 Å². The molecule has 1 aromatic rings. The maximum Gasteiger partial charge on any atom is 0.229 e. The van der Waals surface area contributed by atoms with Crippen LogP contribution in [-0.2, 0) is 25.6 Å². The molecular formula is C36H51N3O4. The summed E-state index contributed by atoms with van der Waals surface area (Å²) in [5.41, 5.74) is 2.86. The van der Waals surface area contributed by atoms with Crippen LogP contribution in [0.25, 0.3) is 0 Å². The first-order valence-corrected chi connectivity index (χ1v) is 17.1. The molecule has 3 heterocycles. The second-order valence-electron chi connectivity index (χ2n) is 15.6. The molecule has 1 unspecified atom stereocenters. The van der Waals surface area contributed by atoms with Crippen molar-refractivity contribution in [3.63, 3.8) is 0 Å². The fourth-order valence-corrected chi connectivity index (χ4v) is 11.0. The van der Waals surface area contributed by atoms with Gasteiger partial charge in [-0.15, -0.1) is 0 Å². The fraction of sp³-hybridized carbons (Fsp3) is 0.750. The van der Waals surface area contributed by atoms with Gasteiger partial charge in [0.1, 0.15) is 6.42 Å². The zero-order chi connectivity index (χ0) is 30.0. The number of hydrogen-bond acceptors (Lipinski definition) is 5. The average Bonchev–Trinajstić information content (AvgIpc) is 3.44. The Hall–Kier alpha value is -2.25. The highest BCUT2D eigenvalue weighted by Crippen LogP contribution is 2.70. The van der Waals surface area contributed by atoms with E-state index in [4.69, 9.17) is 9.47 Å². The van der Waals surface area contributed by atoms with Crippen LogP contribution in [0.3, 0.4) is 0 Å². The highest BCUT2D eigenvalue weighted by Gasteiger charge is 2.68. The van der Waals surface area contributed by atoms with Crippen molar-refractivity contribution in [3.8, 4) is 0 Å². The number of carbonyl (C=O) groups excluding carboxylic acids is 2. The van der Waals surface area contributed by atoms with Crippen LogP contribution < -0.4 is 10.6 Å². The number of amides is 2. The molecule has 7 rings (SSSR count). The molecule has 5 fully saturated rings. The summed E-state index contributed by atoms with van der Waals surface area (Å²) in [7, 11) is 0. The Morgan fingerprint density at radius 1 is 1.05 bits per heavy atom. The van der Waals surface area contributed by atoms with Gasteiger partial charge in [-0.2, -0.15) is 0 Å². The van der Waals surface area contributed by atoms with E-state index in [0.717, 1.165) is 44.4 Å². The largest absolute Gasteiger partial charge is 0.353 e. The molecule has 3 saturated carbocycles. The normalized spacial score (nSPS) is 44.9. The van der Waals surface area contributed by atoms with Gasteiger partial charge in [0.2, 0.25) is 11.8 Å². The first kappa shape index (κ1) is 29.5. The third-order valence-corrected chi connectivity index (χ3v) is 13.2. The Bertz CT molecular complexity index is 1260. The van der Waals surface area contributed by atoms with E-state index >= 15 is 0 Å². The topological polar surface area (TPSA) is 89.5 Å². The van der Waals surface area contributed by atoms with E-state index < -0.39 is 0 Å². The Balaban J connectivity index is 0.975. The summed E-state index contributed by atoms with van der Waals surface area (Å²) in [6.45, 7) is 11.0. The smallest absolute Gasteiger partial charge is 0.229 e. The van der Waals surface area contributed by atoms with Gasteiger partial charge in [0, 0.05) is 24.6 Å². The zero-order valence-electron chi connectivity index (χ0n) is 26.6. The van der Waals surface area contributed by atoms with Gasteiger partial charge in [-0.25, -0.2) is 0 Å². The Kier molecular flexibility index (Phi) is 7.52. The number of nitrogens with one attached hydrogen (secondary N) is 2. The van der Waals surface area contributed by atoms with Crippen LogP contribution in [0, 0.1) is 46.3 Å². The molecule has 11 atom stereocenters. The number of pyridine rings is 1. The van der Waals surface area contributed by atoms with Gasteiger partial charge in [-0.3, -0.25) is 14.6 Å². The molecule has 2 N–H and O–H groups in total. The molecule has 0 radical (unpaired) electrons. The molecule has 2 saturated heterocycles. The lowest BCUT2D eigenvalue weighted by molar-refractivity contribution is -0.272. The number of ether oxygens (including phenoxy) is 2. The molecule has 0 bridgehead atoms. The number of hydrogen-bond donors (Lipinski definition) is 2. The molecular weight excluding hydrogens is 538 g/mol. The standard InChI is InChI=1S/C36H51N3O4/c1-22-10-15-36(42-21-22)23(2)33-30(43-36)18-29-27-9-8-24-17-25(11-13-34(24,3)28(27)12-14-35(29,33)4)39-32(41)19-31(40)38-20-26-7-5-6-16-37-26/h5-8,16,22-23,25,27-30,33H,9-15,17-21H2,1-4H3,(H,38,40)(H,39,41)/t22-,23+,25?,27-,28+,29+,30+,33+,34+,35+,36-/m1/s1. The van der Waals surface area contributed by atoms with Crippen LogP contribution >= 0.6 is 0 Å². The van der Waals surface area contributed by atoms with Crippen molar-refractivity contribution in [2.24, 2.45) is 46.3 Å². The fourth-order valence-electron chi connectivity index (χ4n) is 11.0. The van der Waals surface area contributed by atoms with Crippen LogP contribution in [0.15, 0.2) is 36.0 Å². The van der Waals surface area contributed by atoms with Crippen molar-refractivity contribution < 1.29 is 19.1 Å². The third kappa shape index (κ3) is 4.97. The van der Waals surface area contributed by atoms with Crippen molar-refractivity contribution in [1.82, 2.24) is 15.6 Å². The molecule has 7 nitrogen and oxygen atoms in total. The van der Waals surface area contributed by atoms with Crippen LogP contribution in [0.5, 0.6) is 0 Å². The van der Waals surface area contributed by atoms with Crippen molar-refractivity contribution in [2.45, 2.75) is 116 Å². The minimum Gasteiger partial charge on any atom is -0.353 e. The highest BCUT2D eigenvalue weighted by molar-refractivity contribution is 5.96. The van der Waals surface area contributed by atoms with Gasteiger partial charge in [0.05, 0.1) is 24.9 Å². The molecule has 1 aromatic heterocycles. The third-order valence-electron chi connectivity index (χ3n) is 13.2. The minimum atomic E-state index is -0.346. The predicted octanol–water partition coefficient (Wildman–Crippen LogP) is 5.94. The van der Waals surface area contributed by atoms with Gasteiger partial charge < -0.3 is 20.1 Å². The molecule has 7 heteroatoms. The minimum absolute atomic E-state index is 0.107. The maximum atomic E-state index is 12.8. The maximum absolute atomic E-state index is 12.8. The van der Waals surface area contributed by atoms with Crippen molar-refractivity contribution >= 4 is 11.8 Å². The predicted molar refractivity (Wildman–Crippen MR) is 164 cm³/mol. The molecule has 2 aliphatic heterocycles. The number of fused-ring (bicyclic) bond motifs is 7. The summed E-state index contributed by atoms with van der Waals surface area (Å²) in [6, 6.07) is 5.71. The number of allylic oxidation sites excluding steroid dienone is 1. The summed E-state index contributed by atoms with van der Waals surface area (Å²) in [6.07, 6.45) is 14.6. The van der Waals surface area contributed by atoms with Gasteiger partial charge in [0.15, 0.2) is 5.79 Å². The van der Waals surface area contributed by atoms with Crippen molar-refractivity contribution in [1.29, 1.82) is 0 Å². The molecule has 1 spiro atoms. The Labute approximate surface area is 257 Å². The number of rotatable bonds is 5. The van der Waals surface area contributed by atoms with E-state index in [1.807, 2.05) is 18.2 Å². The molecule has 6 aliphatic rings. The van der Waals surface area contributed by atoms with Crippen molar-refractivity contribution in [3.05, 3.63) is 41.7 Å². The average molecular weight is 590 g/mol. The monoisotopic (exact) mass is 589 g/mol.